The molecule has 0 amide bonds. The molecule has 0 aromatic heterocycles. The predicted octanol–water partition coefficient (Wildman–Crippen LogP) is 3.15. The van der Waals surface area contributed by atoms with E-state index in [9.17, 15) is 8.78 Å². The number of benzene rings is 1. The third-order valence-electron chi connectivity index (χ3n) is 2.18. The summed E-state index contributed by atoms with van der Waals surface area (Å²) in [5.41, 5.74) is 5.31. The maximum atomic E-state index is 13.3. The number of halogens is 2. The van der Waals surface area contributed by atoms with Crippen molar-refractivity contribution in [3.8, 4) is 0 Å². The van der Waals surface area contributed by atoms with E-state index in [1.807, 2.05) is 13.8 Å². The summed E-state index contributed by atoms with van der Waals surface area (Å²) in [7, 11) is 0. The Morgan fingerprint density at radius 2 is 1.87 bits per heavy atom. The highest BCUT2D eigenvalue weighted by Gasteiger charge is 2.12. The van der Waals surface area contributed by atoms with Gasteiger partial charge in [0, 0.05) is 11.7 Å². The summed E-state index contributed by atoms with van der Waals surface area (Å²) in [6.07, 6.45) is 1.83. The summed E-state index contributed by atoms with van der Waals surface area (Å²) in [5.74, 6) is -1.29. The standard InChI is InChI=1S/C11H16F2N2/c1-3-4-7(2)15-11-9(12)5-8(14)6-10(11)13/h5-7,15H,3-4,14H2,1-2H3. The molecule has 15 heavy (non-hydrogen) atoms. The molecule has 1 aromatic rings. The number of anilines is 2. The fourth-order valence-corrected chi connectivity index (χ4v) is 1.48. The summed E-state index contributed by atoms with van der Waals surface area (Å²) in [4.78, 5) is 0. The van der Waals surface area contributed by atoms with Crippen molar-refractivity contribution in [3.05, 3.63) is 23.8 Å². The molecule has 0 aliphatic rings. The van der Waals surface area contributed by atoms with Crippen molar-refractivity contribution in [2.24, 2.45) is 0 Å². The average Bonchev–Trinajstić information content (AvgIpc) is 2.11. The molecule has 0 spiro atoms. The fraction of sp³-hybridized carbons (Fsp3) is 0.455. The zero-order chi connectivity index (χ0) is 11.4. The summed E-state index contributed by atoms with van der Waals surface area (Å²) in [6, 6.07) is 2.27. The second-order valence-corrected chi connectivity index (χ2v) is 3.69. The van der Waals surface area contributed by atoms with Gasteiger partial charge in [0.2, 0.25) is 0 Å². The zero-order valence-electron chi connectivity index (χ0n) is 8.98. The highest BCUT2D eigenvalue weighted by atomic mass is 19.1. The smallest absolute Gasteiger partial charge is 0.151 e. The number of hydrogen-bond acceptors (Lipinski definition) is 2. The van der Waals surface area contributed by atoms with E-state index in [0.29, 0.717) is 0 Å². The summed E-state index contributed by atoms with van der Waals surface area (Å²) in [6.45, 7) is 3.91. The van der Waals surface area contributed by atoms with Crippen molar-refractivity contribution in [2.75, 3.05) is 11.1 Å². The first-order chi connectivity index (χ1) is 7.04. The van der Waals surface area contributed by atoms with Crippen LogP contribution in [0.25, 0.3) is 0 Å². The van der Waals surface area contributed by atoms with E-state index in [4.69, 9.17) is 5.73 Å². The van der Waals surface area contributed by atoms with Crippen LogP contribution in [0.4, 0.5) is 20.2 Å². The molecule has 84 valence electrons. The van der Waals surface area contributed by atoms with Crippen molar-refractivity contribution >= 4 is 11.4 Å². The largest absolute Gasteiger partial charge is 0.399 e. The summed E-state index contributed by atoms with van der Waals surface area (Å²) < 4.78 is 26.7. The third kappa shape index (κ3) is 3.08. The molecule has 0 saturated heterocycles. The fourth-order valence-electron chi connectivity index (χ4n) is 1.48. The molecule has 0 aliphatic heterocycles. The summed E-state index contributed by atoms with van der Waals surface area (Å²) >= 11 is 0. The third-order valence-corrected chi connectivity index (χ3v) is 2.18. The van der Waals surface area contributed by atoms with E-state index in [1.165, 1.54) is 0 Å². The topological polar surface area (TPSA) is 38.0 Å². The number of nitrogen functional groups attached to an aromatic ring is 1. The van der Waals surface area contributed by atoms with Crippen molar-refractivity contribution in [1.29, 1.82) is 0 Å². The Bertz CT molecular complexity index is 316. The molecule has 0 heterocycles. The van der Waals surface area contributed by atoms with Gasteiger partial charge in [-0.3, -0.25) is 0 Å². The van der Waals surface area contributed by atoms with Crippen LogP contribution in [-0.2, 0) is 0 Å². The first-order valence-corrected chi connectivity index (χ1v) is 5.05. The van der Waals surface area contributed by atoms with Gasteiger partial charge in [-0.25, -0.2) is 8.78 Å². The van der Waals surface area contributed by atoms with Crippen LogP contribution in [-0.4, -0.2) is 6.04 Å². The van der Waals surface area contributed by atoms with Crippen LogP contribution in [0.2, 0.25) is 0 Å². The van der Waals surface area contributed by atoms with E-state index >= 15 is 0 Å². The molecule has 2 nitrogen and oxygen atoms in total. The second-order valence-electron chi connectivity index (χ2n) is 3.69. The van der Waals surface area contributed by atoms with Gasteiger partial charge in [-0.15, -0.1) is 0 Å². The van der Waals surface area contributed by atoms with Crippen LogP contribution >= 0.6 is 0 Å². The van der Waals surface area contributed by atoms with Crippen LogP contribution in [0, 0.1) is 11.6 Å². The maximum absolute atomic E-state index is 13.3. The van der Waals surface area contributed by atoms with E-state index < -0.39 is 11.6 Å². The maximum Gasteiger partial charge on any atom is 0.151 e. The average molecular weight is 214 g/mol. The highest BCUT2D eigenvalue weighted by molar-refractivity contribution is 5.54. The Hall–Kier alpha value is -1.32. The van der Waals surface area contributed by atoms with Gasteiger partial charge < -0.3 is 11.1 Å². The van der Waals surface area contributed by atoms with E-state index in [2.05, 4.69) is 5.32 Å². The molecule has 4 heteroatoms. The monoisotopic (exact) mass is 214 g/mol. The second kappa shape index (κ2) is 4.96. The van der Waals surface area contributed by atoms with Gasteiger partial charge in [0.25, 0.3) is 0 Å². The molecular formula is C11H16F2N2. The van der Waals surface area contributed by atoms with Crippen LogP contribution in [0.1, 0.15) is 26.7 Å². The number of nitrogens with two attached hydrogens (primary N) is 1. The molecule has 0 aliphatic carbocycles. The van der Waals surface area contributed by atoms with Crippen LogP contribution < -0.4 is 11.1 Å². The Morgan fingerprint density at radius 3 is 2.33 bits per heavy atom. The molecule has 1 atom stereocenters. The number of hydrogen-bond donors (Lipinski definition) is 2. The lowest BCUT2D eigenvalue weighted by Gasteiger charge is -2.15. The lowest BCUT2D eigenvalue weighted by atomic mass is 10.1. The summed E-state index contributed by atoms with van der Waals surface area (Å²) in [5, 5.41) is 2.80. The molecular weight excluding hydrogens is 198 g/mol. The molecule has 1 unspecified atom stereocenters. The normalized spacial score (nSPS) is 12.5. The Labute approximate surface area is 88.5 Å². The zero-order valence-corrected chi connectivity index (χ0v) is 8.98. The van der Waals surface area contributed by atoms with Crippen molar-refractivity contribution in [2.45, 2.75) is 32.7 Å². The lowest BCUT2D eigenvalue weighted by molar-refractivity contribution is 0.579. The van der Waals surface area contributed by atoms with E-state index in [1.54, 1.807) is 0 Å². The molecule has 0 fully saturated rings. The highest BCUT2D eigenvalue weighted by Crippen LogP contribution is 2.23. The number of nitrogens with one attached hydrogen (secondary N) is 1. The van der Waals surface area contributed by atoms with Crippen molar-refractivity contribution in [3.63, 3.8) is 0 Å². The van der Waals surface area contributed by atoms with Crippen LogP contribution in [0.3, 0.4) is 0 Å². The first-order valence-electron chi connectivity index (χ1n) is 5.05. The minimum absolute atomic E-state index is 0.0441. The minimum atomic E-state index is -0.643. The molecule has 3 N–H and O–H groups in total. The van der Waals surface area contributed by atoms with Crippen LogP contribution in [0.5, 0.6) is 0 Å². The minimum Gasteiger partial charge on any atom is -0.399 e. The van der Waals surface area contributed by atoms with Gasteiger partial charge in [0.15, 0.2) is 11.6 Å². The van der Waals surface area contributed by atoms with Gasteiger partial charge in [0.05, 0.1) is 0 Å². The van der Waals surface area contributed by atoms with E-state index in [0.717, 1.165) is 25.0 Å². The molecule has 0 saturated carbocycles. The molecule has 1 rings (SSSR count). The predicted molar refractivity (Wildman–Crippen MR) is 58.8 cm³/mol. The SMILES string of the molecule is CCCC(C)Nc1c(F)cc(N)cc1F. The quantitative estimate of drug-likeness (QED) is 0.755. The first kappa shape index (κ1) is 11.8. The number of rotatable bonds is 4. The Kier molecular flexibility index (Phi) is 3.88. The lowest BCUT2D eigenvalue weighted by Crippen LogP contribution is -2.16. The Balaban J connectivity index is 2.85. The molecule has 1 aromatic carbocycles. The Morgan fingerprint density at radius 1 is 1.33 bits per heavy atom. The van der Waals surface area contributed by atoms with Crippen molar-refractivity contribution in [1.82, 2.24) is 0 Å². The van der Waals surface area contributed by atoms with Gasteiger partial charge in [-0.05, 0) is 25.5 Å². The van der Waals surface area contributed by atoms with Crippen molar-refractivity contribution < 1.29 is 8.78 Å². The van der Waals surface area contributed by atoms with Gasteiger partial charge in [-0.1, -0.05) is 13.3 Å². The molecule has 0 radical (unpaired) electrons. The van der Waals surface area contributed by atoms with Crippen LogP contribution in [0.15, 0.2) is 12.1 Å². The van der Waals surface area contributed by atoms with Gasteiger partial charge >= 0.3 is 0 Å². The van der Waals surface area contributed by atoms with E-state index in [-0.39, 0.29) is 17.4 Å². The van der Waals surface area contributed by atoms with Gasteiger partial charge in [-0.2, -0.15) is 0 Å². The molecule has 0 bridgehead atoms. The van der Waals surface area contributed by atoms with Gasteiger partial charge in [0.1, 0.15) is 5.69 Å².